The number of halogens is 1. The molecule has 3 amide bonds. The van der Waals surface area contributed by atoms with Crippen LogP contribution in [0.5, 0.6) is 0 Å². The highest BCUT2D eigenvalue weighted by molar-refractivity contribution is 7.99. The van der Waals surface area contributed by atoms with Crippen molar-refractivity contribution in [3.05, 3.63) is 59.1 Å². The molecule has 0 radical (unpaired) electrons. The van der Waals surface area contributed by atoms with Crippen LogP contribution in [0.2, 0.25) is 5.02 Å². The Morgan fingerprint density at radius 3 is 2.48 bits per heavy atom. The van der Waals surface area contributed by atoms with Gasteiger partial charge in [-0.3, -0.25) is 14.3 Å². The van der Waals surface area contributed by atoms with E-state index in [-0.39, 0.29) is 18.5 Å². The van der Waals surface area contributed by atoms with Gasteiger partial charge in [0.05, 0.1) is 0 Å². The smallest absolute Gasteiger partial charge is 0.324 e. The summed E-state index contributed by atoms with van der Waals surface area (Å²) in [5, 5.41) is 12.8. The van der Waals surface area contributed by atoms with Crippen molar-refractivity contribution in [1.29, 1.82) is 0 Å². The first-order valence-corrected chi connectivity index (χ1v) is 11.2. The summed E-state index contributed by atoms with van der Waals surface area (Å²) in [5.74, 6) is 0.973. The summed E-state index contributed by atoms with van der Waals surface area (Å²) in [7, 11) is 0. The maximum absolute atomic E-state index is 12.4. The van der Waals surface area contributed by atoms with Crippen molar-refractivity contribution in [3.63, 3.8) is 0 Å². The molecule has 1 aliphatic heterocycles. The van der Waals surface area contributed by atoms with Gasteiger partial charge in [0.1, 0.15) is 5.54 Å². The standard InChI is InChI=1S/C22H22ClN5O2S/c1-14-5-4-6-17(13-14)28-18(15-7-9-16(23)10-8-15)25-26-21(28)31-12-11-27-19(29)22(2,3)24-20(27)30/h4-10,13H,11-12H2,1-3H3,(H,24,30). The molecule has 3 aromatic rings. The highest BCUT2D eigenvalue weighted by Gasteiger charge is 2.43. The van der Waals surface area contributed by atoms with E-state index >= 15 is 0 Å². The topological polar surface area (TPSA) is 80.1 Å². The first-order valence-electron chi connectivity index (χ1n) is 9.81. The van der Waals surface area contributed by atoms with E-state index in [0.717, 1.165) is 16.8 Å². The molecule has 2 aromatic carbocycles. The first kappa shape index (κ1) is 21.4. The second-order valence-electron chi connectivity index (χ2n) is 7.85. The minimum absolute atomic E-state index is 0.222. The van der Waals surface area contributed by atoms with Crippen molar-refractivity contribution in [2.45, 2.75) is 31.5 Å². The van der Waals surface area contributed by atoms with E-state index in [9.17, 15) is 9.59 Å². The third-order valence-electron chi connectivity index (χ3n) is 4.99. The number of amides is 3. The zero-order chi connectivity index (χ0) is 22.2. The van der Waals surface area contributed by atoms with E-state index in [1.54, 1.807) is 13.8 Å². The number of aromatic nitrogens is 3. The molecule has 1 aliphatic rings. The predicted molar refractivity (Wildman–Crippen MR) is 122 cm³/mol. The minimum atomic E-state index is -0.870. The second kappa shape index (κ2) is 8.36. The number of carbonyl (C=O) groups excluding carboxylic acids is 2. The number of nitrogens with one attached hydrogen (secondary N) is 1. The molecule has 0 atom stereocenters. The van der Waals surface area contributed by atoms with Crippen LogP contribution in [0.3, 0.4) is 0 Å². The molecular weight excluding hydrogens is 434 g/mol. The number of carbonyl (C=O) groups is 2. The fraction of sp³-hybridized carbons (Fsp3) is 0.273. The third kappa shape index (κ3) is 4.31. The van der Waals surface area contributed by atoms with E-state index in [1.807, 2.05) is 54.0 Å². The van der Waals surface area contributed by atoms with Crippen LogP contribution in [-0.4, -0.2) is 49.4 Å². The maximum atomic E-state index is 12.4. The van der Waals surface area contributed by atoms with Crippen molar-refractivity contribution < 1.29 is 9.59 Å². The molecule has 1 N–H and O–H groups in total. The van der Waals surface area contributed by atoms with Gasteiger partial charge >= 0.3 is 6.03 Å². The molecule has 1 fully saturated rings. The van der Waals surface area contributed by atoms with Crippen molar-refractivity contribution in [2.24, 2.45) is 0 Å². The Balaban J connectivity index is 1.61. The predicted octanol–water partition coefficient (Wildman–Crippen LogP) is 4.32. The Morgan fingerprint density at radius 1 is 1.10 bits per heavy atom. The normalized spacial score (nSPS) is 15.4. The largest absolute Gasteiger partial charge is 0.325 e. The lowest BCUT2D eigenvalue weighted by Crippen LogP contribution is -2.40. The van der Waals surface area contributed by atoms with E-state index in [1.165, 1.54) is 16.7 Å². The number of aryl methyl sites for hydroxylation is 1. The molecule has 0 aliphatic carbocycles. The van der Waals surface area contributed by atoms with Crippen LogP contribution < -0.4 is 5.32 Å². The summed E-state index contributed by atoms with van der Waals surface area (Å²) < 4.78 is 1.98. The van der Waals surface area contributed by atoms with Crippen LogP contribution in [0, 0.1) is 6.92 Å². The van der Waals surface area contributed by atoms with Gasteiger partial charge in [-0.15, -0.1) is 10.2 Å². The van der Waals surface area contributed by atoms with Crippen LogP contribution >= 0.6 is 23.4 Å². The molecule has 0 bridgehead atoms. The van der Waals surface area contributed by atoms with Crippen molar-refractivity contribution in [1.82, 2.24) is 25.0 Å². The molecule has 1 saturated heterocycles. The van der Waals surface area contributed by atoms with Gasteiger partial charge < -0.3 is 5.32 Å². The fourth-order valence-electron chi connectivity index (χ4n) is 3.40. The molecule has 0 unspecified atom stereocenters. The number of imide groups is 1. The van der Waals surface area contributed by atoms with Crippen LogP contribution in [0.1, 0.15) is 19.4 Å². The summed E-state index contributed by atoms with van der Waals surface area (Å²) in [6.45, 7) is 5.72. The molecule has 160 valence electrons. The molecule has 31 heavy (non-hydrogen) atoms. The highest BCUT2D eigenvalue weighted by atomic mass is 35.5. The second-order valence-corrected chi connectivity index (χ2v) is 9.35. The lowest BCUT2D eigenvalue weighted by molar-refractivity contribution is -0.130. The quantitative estimate of drug-likeness (QED) is 0.442. The van der Waals surface area contributed by atoms with Gasteiger partial charge in [0.15, 0.2) is 11.0 Å². The van der Waals surface area contributed by atoms with Crippen LogP contribution in [0.4, 0.5) is 4.79 Å². The Morgan fingerprint density at radius 2 is 1.84 bits per heavy atom. The first-order chi connectivity index (χ1) is 14.8. The van der Waals surface area contributed by atoms with Crippen LogP contribution in [0.25, 0.3) is 17.1 Å². The van der Waals surface area contributed by atoms with Gasteiger partial charge in [-0.05, 0) is 62.7 Å². The number of hydrogen-bond acceptors (Lipinski definition) is 5. The average Bonchev–Trinajstić information content (AvgIpc) is 3.22. The zero-order valence-corrected chi connectivity index (χ0v) is 19.0. The number of hydrogen-bond donors (Lipinski definition) is 1. The van der Waals surface area contributed by atoms with E-state index in [0.29, 0.717) is 21.8 Å². The SMILES string of the molecule is Cc1cccc(-n2c(SCCN3C(=O)NC(C)(C)C3=O)nnc2-c2ccc(Cl)cc2)c1. The fourth-order valence-corrected chi connectivity index (χ4v) is 4.40. The van der Waals surface area contributed by atoms with Gasteiger partial charge in [-0.1, -0.05) is 35.5 Å². The molecule has 1 aromatic heterocycles. The highest BCUT2D eigenvalue weighted by Crippen LogP contribution is 2.29. The van der Waals surface area contributed by atoms with Crippen molar-refractivity contribution in [2.75, 3.05) is 12.3 Å². The summed E-state index contributed by atoms with van der Waals surface area (Å²) >= 11 is 7.49. The van der Waals surface area contributed by atoms with E-state index in [4.69, 9.17) is 11.6 Å². The Bertz CT molecular complexity index is 1140. The molecule has 7 nitrogen and oxygen atoms in total. The molecule has 9 heteroatoms. The van der Waals surface area contributed by atoms with Gasteiger partial charge in [0.25, 0.3) is 5.91 Å². The summed E-state index contributed by atoms with van der Waals surface area (Å²) in [6.07, 6.45) is 0. The van der Waals surface area contributed by atoms with Crippen molar-refractivity contribution in [3.8, 4) is 17.1 Å². The average molecular weight is 456 g/mol. The third-order valence-corrected chi connectivity index (χ3v) is 6.15. The van der Waals surface area contributed by atoms with Gasteiger partial charge in [0.2, 0.25) is 0 Å². The molecule has 0 saturated carbocycles. The summed E-state index contributed by atoms with van der Waals surface area (Å²) in [6, 6.07) is 15.2. The van der Waals surface area contributed by atoms with Crippen molar-refractivity contribution >= 4 is 35.3 Å². The van der Waals surface area contributed by atoms with Gasteiger partial charge in [-0.25, -0.2) is 4.79 Å². The Hall–Kier alpha value is -2.84. The number of thioether (sulfide) groups is 1. The summed E-state index contributed by atoms with van der Waals surface area (Å²) in [5.41, 5.74) is 2.07. The molecular formula is C22H22ClN5O2S. The zero-order valence-electron chi connectivity index (χ0n) is 17.4. The maximum Gasteiger partial charge on any atom is 0.325 e. The van der Waals surface area contributed by atoms with E-state index in [2.05, 4.69) is 21.6 Å². The minimum Gasteiger partial charge on any atom is -0.324 e. The number of nitrogens with zero attached hydrogens (tertiary/aromatic N) is 4. The number of urea groups is 1. The molecule has 0 spiro atoms. The summed E-state index contributed by atoms with van der Waals surface area (Å²) in [4.78, 5) is 25.8. The van der Waals surface area contributed by atoms with Gasteiger partial charge in [0, 0.05) is 28.6 Å². The molecule has 4 rings (SSSR count). The number of benzene rings is 2. The van der Waals surface area contributed by atoms with Gasteiger partial charge in [-0.2, -0.15) is 0 Å². The number of rotatable bonds is 6. The lowest BCUT2D eigenvalue weighted by Gasteiger charge is -2.16. The molecule has 2 heterocycles. The van der Waals surface area contributed by atoms with Crippen LogP contribution in [0.15, 0.2) is 53.7 Å². The lowest BCUT2D eigenvalue weighted by atomic mass is 10.1. The Kier molecular flexibility index (Phi) is 5.77. The van der Waals surface area contributed by atoms with Crippen LogP contribution in [-0.2, 0) is 4.79 Å². The Labute approximate surface area is 189 Å². The monoisotopic (exact) mass is 455 g/mol. The van der Waals surface area contributed by atoms with E-state index < -0.39 is 5.54 Å².